The Morgan fingerprint density at radius 3 is 2.61 bits per heavy atom. The molecule has 0 unspecified atom stereocenters. The van der Waals surface area contributed by atoms with Gasteiger partial charge in [0.1, 0.15) is 5.75 Å². The van der Waals surface area contributed by atoms with E-state index in [1.807, 2.05) is 37.3 Å². The van der Waals surface area contributed by atoms with Gasteiger partial charge in [0.05, 0.1) is 40.9 Å². The van der Waals surface area contributed by atoms with Crippen molar-refractivity contribution in [2.24, 2.45) is 0 Å². The predicted molar refractivity (Wildman–Crippen MR) is 113 cm³/mol. The number of methoxy groups -OCH3 is 1. The molecular formula is C22H18N4O5. The normalized spacial score (nSPS) is 10.8. The molecule has 9 nitrogen and oxygen atoms in total. The Kier molecular flexibility index (Phi) is 5.31. The van der Waals surface area contributed by atoms with Crippen LogP contribution in [0.2, 0.25) is 0 Å². The van der Waals surface area contributed by atoms with Crippen molar-refractivity contribution >= 4 is 22.7 Å². The van der Waals surface area contributed by atoms with Gasteiger partial charge in [0.15, 0.2) is 5.65 Å². The molecule has 0 aliphatic carbocycles. The van der Waals surface area contributed by atoms with Crippen LogP contribution in [0, 0.1) is 10.1 Å². The van der Waals surface area contributed by atoms with E-state index in [0.29, 0.717) is 23.3 Å². The van der Waals surface area contributed by atoms with Crippen molar-refractivity contribution in [2.45, 2.75) is 13.5 Å². The van der Waals surface area contributed by atoms with Crippen LogP contribution in [0.5, 0.6) is 11.5 Å². The number of nitro benzene ring substituents is 1. The first-order valence-electron chi connectivity index (χ1n) is 9.48. The topological polar surface area (TPSA) is 109 Å². The Bertz CT molecular complexity index is 1280. The van der Waals surface area contributed by atoms with Crippen molar-refractivity contribution in [1.82, 2.24) is 14.8 Å². The summed E-state index contributed by atoms with van der Waals surface area (Å²) in [5, 5.41) is 16.2. The largest absolute Gasteiger partial charge is 0.496 e. The lowest BCUT2D eigenvalue weighted by atomic mass is 10.1. The van der Waals surface area contributed by atoms with Crippen LogP contribution in [0.1, 0.15) is 17.3 Å². The molecule has 0 radical (unpaired) electrons. The molecule has 4 rings (SSSR count). The number of rotatable bonds is 6. The molecule has 0 N–H and O–H groups in total. The molecule has 156 valence electrons. The quantitative estimate of drug-likeness (QED) is 0.199. The van der Waals surface area contributed by atoms with E-state index in [1.165, 1.54) is 25.3 Å². The first-order chi connectivity index (χ1) is 15.0. The number of esters is 1. The van der Waals surface area contributed by atoms with Gasteiger partial charge in [0, 0.05) is 12.1 Å². The summed E-state index contributed by atoms with van der Waals surface area (Å²) in [5.41, 5.74) is 1.76. The van der Waals surface area contributed by atoms with Crippen LogP contribution < -0.4 is 9.47 Å². The highest BCUT2D eigenvalue weighted by atomic mass is 16.6. The molecule has 0 saturated heterocycles. The Morgan fingerprint density at radius 1 is 1.16 bits per heavy atom. The molecule has 0 bridgehead atoms. The average molecular weight is 418 g/mol. The van der Waals surface area contributed by atoms with E-state index in [-0.39, 0.29) is 22.7 Å². The molecule has 0 saturated carbocycles. The Hall–Kier alpha value is -4.27. The van der Waals surface area contributed by atoms with Gasteiger partial charge in [-0.25, -0.2) is 14.5 Å². The molecule has 4 aromatic rings. The number of aryl methyl sites for hydroxylation is 1. The number of nitro groups is 1. The number of carbonyl (C=O) groups is 1. The molecule has 2 heterocycles. The van der Waals surface area contributed by atoms with Gasteiger partial charge in [0.25, 0.3) is 0 Å². The standard InChI is InChI=1S/C22H18N4O5/c1-3-25-21-17(13-23-25)16(12-18(24-21)14-7-5-4-6-8-14)22(27)31-20-10-9-15(30-2)11-19(20)26(28)29/h4-13H,3H2,1-2H3. The predicted octanol–water partition coefficient (Wildman–Crippen LogP) is 4.25. The lowest BCUT2D eigenvalue weighted by Gasteiger charge is -2.09. The SMILES string of the molecule is CCn1ncc2c(C(=O)Oc3ccc(OC)cc3[N+](=O)[O-])cc(-c3ccccc3)nc21. The van der Waals surface area contributed by atoms with Gasteiger partial charge < -0.3 is 9.47 Å². The van der Waals surface area contributed by atoms with Crippen molar-refractivity contribution in [2.75, 3.05) is 7.11 Å². The van der Waals surface area contributed by atoms with Crippen LogP contribution in [-0.4, -0.2) is 32.8 Å². The molecule has 9 heteroatoms. The van der Waals surface area contributed by atoms with Crippen LogP contribution in [-0.2, 0) is 6.54 Å². The van der Waals surface area contributed by atoms with E-state index >= 15 is 0 Å². The zero-order chi connectivity index (χ0) is 22.0. The van der Waals surface area contributed by atoms with Crippen LogP contribution in [0.3, 0.4) is 0 Å². The second-order valence-corrected chi connectivity index (χ2v) is 6.60. The molecule has 31 heavy (non-hydrogen) atoms. The van der Waals surface area contributed by atoms with Crippen molar-refractivity contribution in [3.05, 3.63) is 76.5 Å². The van der Waals surface area contributed by atoms with E-state index in [9.17, 15) is 14.9 Å². The van der Waals surface area contributed by atoms with Crippen LogP contribution in [0.15, 0.2) is 60.8 Å². The number of aromatic nitrogens is 3. The maximum atomic E-state index is 13.1. The van der Waals surface area contributed by atoms with Crippen molar-refractivity contribution in [1.29, 1.82) is 0 Å². The van der Waals surface area contributed by atoms with E-state index in [2.05, 4.69) is 10.1 Å². The number of ether oxygens (including phenoxy) is 2. The summed E-state index contributed by atoms with van der Waals surface area (Å²) in [6.07, 6.45) is 1.54. The minimum atomic E-state index is -0.742. The van der Waals surface area contributed by atoms with Crippen molar-refractivity contribution in [3.63, 3.8) is 0 Å². The fourth-order valence-electron chi connectivity index (χ4n) is 3.21. The Balaban J connectivity index is 1.81. The number of carbonyl (C=O) groups excluding carboxylic acids is 1. The minimum absolute atomic E-state index is 0.176. The third kappa shape index (κ3) is 3.80. The van der Waals surface area contributed by atoms with E-state index in [0.717, 1.165) is 5.56 Å². The second kappa shape index (κ2) is 8.23. The van der Waals surface area contributed by atoms with Crippen molar-refractivity contribution < 1.29 is 19.2 Å². The number of fused-ring (bicyclic) bond motifs is 1. The Morgan fingerprint density at radius 2 is 1.94 bits per heavy atom. The summed E-state index contributed by atoms with van der Waals surface area (Å²) in [7, 11) is 1.40. The summed E-state index contributed by atoms with van der Waals surface area (Å²) in [6, 6.07) is 15.0. The summed E-state index contributed by atoms with van der Waals surface area (Å²) < 4.78 is 12.1. The number of benzene rings is 2. The van der Waals surface area contributed by atoms with Gasteiger partial charge in [-0.3, -0.25) is 10.1 Å². The third-order valence-corrected chi connectivity index (χ3v) is 4.76. The second-order valence-electron chi connectivity index (χ2n) is 6.60. The summed E-state index contributed by atoms with van der Waals surface area (Å²) in [5.74, 6) is -0.633. The highest BCUT2D eigenvalue weighted by molar-refractivity contribution is 6.04. The lowest BCUT2D eigenvalue weighted by Crippen LogP contribution is -2.11. The molecule has 2 aromatic heterocycles. The van der Waals surface area contributed by atoms with Gasteiger partial charge in [-0.2, -0.15) is 5.10 Å². The third-order valence-electron chi connectivity index (χ3n) is 4.76. The molecule has 0 atom stereocenters. The number of nitrogens with zero attached hydrogens (tertiary/aromatic N) is 4. The average Bonchev–Trinajstić information content (AvgIpc) is 3.22. The zero-order valence-corrected chi connectivity index (χ0v) is 16.8. The molecular weight excluding hydrogens is 400 g/mol. The molecule has 0 aliphatic heterocycles. The monoisotopic (exact) mass is 418 g/mol. The van der Waals surface area contributed by atoms with E-state index in [1.54, 1.807) is 16.9 Å². The maximum Gasteiger partial charge on any atom is 0.344 e. The smallest absolute Gasteiger partial charge is 0.344 e. The highest BCUT2D eigenvalue weighted by Gasteiger charge is 2.23. The number of hydrogen-bond donors (Lipinski definition) is 0. The van der Waals surface area contributed by atoms with Crippen LogP contribution >= 0.6 is 0 Å². The molecule has 0 aliphatic rings. The lowest BCUT2D eigenvalue weighted by molar-refractivity contribution is -0.385. The first kappa shape index (κ1) is 20.0. The van der Waals surface area contributed by atoms with E-state index < -0.39 is 10.9 Å². The van der Waals surface area contributed by atoms with Gasteiger partial charge in [0.2, 0.25) is 5.75 Å². The highest BCUT2D eigenvalue weighted by Crippen LogP contribution is 2.33. The van der Waals surface area contributed by atoms with Gasteiger partial charge in [-0.05, 0) is 25.1 Å². The van der Waals surface area contributed by atoms with Gasteiger partial charge in [-0.1, -0.05) is 30.3 Å². The van der Waals surface area contributed by atoms with Crippen LogP contribution in [0.4, 0.5) is 5.69 Å². The van der Waals surface area contributed by atoms with Gasteiger partial charge >= 0.3 is 11.7 Å². The summed E-state index contributed by atoms with van der Waals surface area (Å²) in [6.45, 7) is 2.48. The fraction of sp³-hybridized carbons (Fsp3) is 0.136. The van der Waals surface area contributed by atoms with E-state index in [4.69, 9.17) is 9.47 Å². The number of pyridine rings is 1. The zero-order valence-electron chi connectivity index (χ0n) is 16.8. The molecule has 0 spiro atoms. The fourth-order valence-corrected chi connectivity index (χ4v) is 3.21. The molecule has 0 amide bonds. The summed E-state index contributed by atoms with van der Waals surface area (Å²) in [4.78, 5) is 28.6. The summed E-state index contributed by atoms with van der Waals surface area (Å²) >= 11 is 0. The number of hydrogen-bond acceptors (Lipinski definition) is 7. The van der Waals surface area contributed by atoms with Gasteiger partial charge in [-0.15, -0.1) is 0 Å². The molecule has 0 fully saturated rings. The Labute approximate surface area is 177 Å². The molecule has 2 aromatic carbocycles. The first-order valence-corrected chi connectivity index (χ1v) is 9.48. The minimum Gasteiger partial charge on any atom is -0.496 e. The maximum absolute atomic E-state index is 13.1. The van der Waals surface area contributed by atoms with Crippen molar-refractivity contribution in [3.8, 4) is 22.8 Å². The van der Waals surface area contributed by atoms with Crippen LogP contribution in [0.25, 0.3) is 22.3 Å².